The summed E-state index contributed by atoms with van der Waals surface area (Å²) in [6.07, 6.45) is 1.54. The molecule has 1 atom stereocenters. The molecular weight excluding hydrogens is 283 g/mol. The van der Waals surface area contributed by atoms with Gasteiger partial charge >= 0.3 is 0 Å². The Morgan fingerprint density at radius 2 is 2.25 bits per heavy atom. The van der Waals surface area contributed by atoms with Gasteiger partial charge in [0.25, 0.3) is 0 Å². The van der Waals surface area contributed by atoms with Crippen molar-refractivity contribution >= 4 is 23.2 Å². The summed E-state index contributed by atoms with van der Waals surface area (Å²) in [5.74, 6) is -0.0697. The average Bonchev–Trinajstić information content (AvgIpc) is 2.93. The van der Waals surface area contributed by atoms with Gasteiger partial charge in [0.1, 0.15) is 17.6 Å². The number of amides is 1. The molecule has 0 radical (unpaired) electrons. The molecule has 0 aliphatic heterocycles. The summed E-state index contributed by atoms with van der Waals surface area (Å²) in [4.78, 5) is 11.9. The van der Waals surface area contributed by atoms with Crippen molar-refractivity contribution in [3.8, 4) is 0 Å². The van der Waals surface area contributed by atoms with Crippen LogP contribution in [0.4, 0.5) is 10.1 Å². The highest BCUT2D eigenvalue weighted by Gasteiger charge is 2.13. The van der Waals surface area contributed by atoms with Crippen LogP contribution in [0.1, 0.15) is 12.7 Å². The lowest BCUT2D eigenvalue weighted by Gasteiger charge is -2.15. The normalized spacial score (nSPS) is 11.9. The summed E-state index contributed by atoms with van der Waals surface area (Å²) < 4.78 is 18.4. The Bertz CT molecular complexity index is 587. The Labute approximate surface area is 120 Å². The number of carbonyl (C=O) groups is 1. The van der Waals surface area contributed by atoms with E-state index in [4.69, 9.17) is 16.0 Å². The van der Waals surface area contributed by atoms with Crippen LogP contribution in [-0.4, -0.2) is 11.9 Å². The quantitative estimate of drug-likeness (QED) is 0.891. The van der Waals surface area contributed by atoms with Crippen molar-refractivity contribution in [2.45, 2.75) is 19.5 Å². The fourth-order valence-electron chi connectivity index (χ4n) is 1.64. The maximum absolute atomic E-state index is 13.3. The van der Waals surface area contributed by atoms with Gasteiger partial charge in [0.15, 0.2) is 0 Å². The van der Waals surface area contributed by atoms with Gasteiger partial charge in [0.05, 0.1) is 17.8 Å². The van der Waals surface area contributed by atoms with Crippen molar-refractivity contribution in [2.75, 3.05) is 5.32 Å². The summed E-state index contributed by atoms with van der Waals surface area (Å²) in [7, 11) is 0. The number of rotatable bonds is 5. The standard InChI is InChI=1S/C14H14ClFN2O2/c1-9(14(19)17-8-11-3-2-6-20-11)18-10-4-5-12(15)13(16)7-10/h2-7,9,18H,8H2,1H3,(H,17,19). The minimum absolute atomic E-state index is 0.0467. The second kappa shape index (κ2) is 6.43. The molecule has 0 saturated heterocycles. The zero-order chi connectivity index (χ0) is 14.5. The molecule has 4 nitrogen and oxygen atoms in total. The van der Waals surface area contributed by atoms with Crippen LogP contribution in [0.2, 0.25) is 5.02 Å². The van der Waals surface area contributed by atoms with E-state index in [0.717, 1.165) is 0 Å². The van der Waals surface area contributed by atoms with Gasteiger partial charge in [-0.25, -0.2) is 4.39 Å². The molecule has 0 bridgehead atoms. The number of halogens is 2. The van der Waals surface area contributed by atoms with Crippen molar-refractivity contribution in [3.63, 3.8) is 0 Å². The van der Waals surface area contributed by atoms with Crippen molar-refractivity contribution in [1.29, 1.82) is 0 Å². The SMILES string of the molecule is CC(Nc1ccc(Cl)c(F)c1)C(=O)NCc1ccco1. The molecule has 2 N–H and O–H groups in total. The van der Waals surface area contributed by atoms with Gasteiger partial charge in [0.2, 0.25) is 5.91 Å². The van der Waals surface area contributed by atoms with Crippen LogP contribution in [0.3, 0.4) is 0 Å². The third kappa shape index (κ3) is 3.74. The minimum Gasteiger partial charge on any atom is -0.467 e. The number of hydrogen-bond donors (Lipinski definition) is 2. The first-order chi connectivity index (χ1) is 9.56. The van der Waals surface area contributed by atoms with Crippen molar-refractivity contribution in [2.24, 2.45) is 0 Å². The number of hydrogen-bond acceptors (Lipinski definition) is 3. The van der Waals surface area contributed by atoms with Crippen LogP contribution in [0.5, 0.6) is 0 Å². The molecule has 0 aliphatic rings. The third-order valence-corrected chi connectivity index (χ3v) is 3.02. The van der Waals surface area contributed by atoms with Crippen molar-refractivity contribution in [1.82, 2.24) is 5.32 Å². The van der Waals surface area contributed by atoms with E-state index in [9.17, 15) is 9.18 Å². The van der Waals surface area contributed by atoms with Gasteiger partial charge in [-0.05, 0) is 37.3 Å². The highest BCUT2D eigenvalue weighted by molar-refractivity contribution is 6.30. The number of benzene rings is 1. The smallest absolute Gasteiger partial charge is 0.242 e. The van der Waals surface area contributed by atoms with Crippen LogP contribution < -0.4 is 10.6 Å². The Hall–Kier alpha value is -2.01. The minimum atomic E-state index is -0.528. The maximum atomic E-state index is 13.3. The molecule has 2 aromatic rings. The van der Waals surface area contributed by atoms with E-state index in [-0.39, 0.29) is 10.9 Å². The number of anilines is 1. The fraction of sp³-hybridized carbons (Fsp3) is 0.214. The molecule has 1 unspecified atom stereocenters. The first kappa shape index (κ1) is 14.4. The second-order valence-corrected chi connectivity index (χ2v) is 4.70. The van der Waals surface area contributed by atoms with E-state index in [1.54, 1.807) is 31.4 Å². The summed E-state index contributed by atoms with van der Waals surface area (Å²) in [5.41, 5.74) is 0.493. The Balaban J connectivity index is 1.88. The lowest BCUT2D eigenvalue weighted by Crippen LogP contribution is -2.37. The van der Waals surface area contributed by atoms with Crippen LogP contribution in [-0.2, 0) is 11.3 Å². The van der Waals surface area contributed by atoms with Gasteiger partial charge in [-0.15, -0.1) is 0 Å². The maximum Gasteiger partial charge on any atom is 0.242 e. The molecule has 1 heterocycles. The van der Waals surface area contributed by atoms with E-state index in [0.29, 0.717) is 18.0 Å². The number of nitrogens with one attached hydrogen (secondary N) is 2. The second-order valence-electron chi connectivity index (χ2n) is 4.29. The first-order valence-electron chi connectivity index (χ1n) is 6.08. The molecule has 20 heavy (non-hydrogen) atoms. The van der Waals surface area contributed by atoms with Crippen LogP contribution >= 0.6 is 11.6 Å². The fourth-order valence-corrected chi connectivity index (χ4v) is 1.76. The monoisotopic (exact) mass is 296 g/mol. The van der Waals surface area contributed by atoms with Crippen LogP contribution in [0, 0.1) is 5.82 Å². The van der Waals surface area contributed by atoms with Gasteiger partial charge in [-0.1, -0.05) is 11.6 Å². The van der Waals surface area contributed by atoms with Crippen LogP contribution in [0.25, 0.3) is 0 Å². The molecule has 1 aromatic carbocycles. The molecule has 0 spiro atoms. The van der Waals surface area contributed by atoms with Gasteiger partial charge < -0.3 is 15.1 Å². The topological polar surface area (TPSA) is 54.3 Å². The predicted octanol–water partition coefficient (Wildman–Crippen LogP) is 3.19. The molecule has 1 aromatic heterocycles. The molecule has 1 amide bonds. The highest BCUT2D eigenvalue weighted by atomic mass is 35.5. The van der Waals surface area contributed by atoms with Crippen LogP contribution in [0.15, 0.2) is 41.0 Å². The lowest BCUT2D eigenvalue weighted by atomic mass is 10.2. The van der Waals surface area contributed by atoms with Gasteiger partial charge in [-0.3, -0.25) is 4.79 Å². The molecule has 0 saturated carbocycles. The Kier molecular flexibility index (Phi) is 4.63. The molecule has 2 rings (SSSR count). The first-order valence-corrected chi connectivity index (χ1v) is 6.46. The van der Waals surface area contributed by atoms with Gasteiger partial charge in [0, 0.05) is 5.69 Å². The van der Waals surface area contributed by atoms with E-state index in [1.807, 2.05) is 0 Å². The zero-order valence-electron chi connectivity index (χ0n) is 10.8. The van der Waals surface area contributed by atoms with E-state index in [2.05, 4.69) is 10.6 Å². The van der Waals surface area contributed by atoms with Crippen molar-refractivity contribution < 1.29 is 13.6 Å². The van der Waals surface area contributed by atoms with E-state index < -0.39 is 11.9 Å². The average molecular weight is 297 g/mol. The van der Waals surface area contributed by atoms with E-state index >= 15 is 0 Å². The zero-order valence-corrected chi connectivity index (χ0v) is 11.6. The van der Waals surface area contributed by atoms with Gasteiger partial charge in [-0.2, -0.15) is 0 Å². The van der Waals surface area contributed by atoms with E-state index in [1.165, 1.54) is 12.1 Å². The summed E-state index contributed by atoms with van der Waals surface area (Å²) in [6.45, 7) is 2.00. The molecular formula is C14H14ClFN2O2. The molecule has 106 valence electrons. The third-order valence-electron chi connectivity index (χ3n) is 2.71. The predicted molar refractivity (Wildman–Crippen MR) is 75.0 cm³/mol. The lowest BCUT2D eigenvalue weighted by molar-refractivity contribution is -0.121. The molecule has 0 fully saturated rings. The Morgan fingerprint density at radius 3 is 2.90 bits per heavy atom. The Morgan fingerprint density at radius 1 is 1.45 bits per heavy atom. The number of furan rings is 1. The molecule has 0 aliphatic carbocycles. The van der Waals surface area contributed by atoms with Crippen molar-refractivity contribution in [3.05, 3.63) is 53.2 Å². The summed E-state index contributed by atoms with van der Waals surface area (Å²) in [5, 5.41) is 5.66. The molecule has 6 heteroatoms. The highest BCUT2D eigenvalue weighted by Crippen LogP contribution is 2.19. The summed E-state index contributed by atoms with van der Waals surface area (Å²) in [6, 6.07) is 7.31. The number of carbonyl (C=O) groups excluding carboxylic acids is 1. The summed E-state index contributed by atoms with van der Waals surface area (Å²) >= 11 is 5.59. The largest absolute Gasteiger partial charge is 0.467 e.